The van der Waals surface area contributed by atoms with Gasteiger partial charge in [-0.15, -0.1) is 0 Å². The van der Waals surface area contributed by atoms with Gasteiger partial charge in [0.1, 0.15) is 5.56 Å². The smallest absolute Gasteiger partial charge is 0.341 e. The maximum Gasteiger partial charge on any atom is 0.341 e. The highest BCUT2D eigenvalue weighted by Crippen LogP contribution is 2.22. The van der Waals surface area contributed by atoms with E-state index in [1.807, 2.05) is 18.3 Å². The molecule has 1 atom stereocenters. The van der Waals surface area contributed by atoms with Crippen molar-refractivity contribution in [2.24, 2.45) is 0 Å². The summed E-state index contributed by atoms with van der Waals surface area (Å²) in [5, 5.41) is 9.29. The van der Waals surface area contributed by atoms with Crippen molar-refractivity contribution in [2.45, 2.75) is 32.4 Å². The van der Waals surface area contributed by atoms with Crippen LogP contribution in [0.1, 0.15) is 40.4 Å². The van der Waals surface area contributed by atoms with Crippen LogP contribution >= 0.6 is 0 Å². The lowest BCUT2D eigenvalue weighted by Gasteiger charge is -2.33. The van der Waals surface area contributed by atoms with Gasteiger partial charge in [0.25, 0.3) is 5.56 Å². The molecule has 1 unspecified atom stereocenters. The average Bonchev–Trinajstić information content (AvgIpc) is 2.56. The zero-order valence-corrected chi connectivity index (χ0v) is 13.7. The first-order valence-corrected chi connectivity index (χ1v) is 8.12. The summed E-state index contributed by atoms with van der Waals surface area (Å²) in [4.78, 5) is 30.3. The first-order chi connectivity index (χ1) is 11.6. The molecule has 6 nitrogen and oxygen atoms in total. The van der Waals surface area contributed by atoms with Crippen LogP contribution in [-0.2, 0) is 6.54 Å². The van der Waals surface area contributed by atoms with Crippen molar-refractivity contribution >= 4 is 5.97 Å². The average molecular weight is 327 g/mol. The van der Waals surface area contributed by atoms with E-state index in [0.717, 1.165) is 38.0 Å². The zero-order valence-electron chi connectivity index (χ0n) is 13.7. The van der Waals surface area contributed by atoms with E-state index in [-0.39, 0.29) is 11.6 Å². The van der Waals surface area contributed by atoms with Gasteiger partial charge >= 0.3 is 5.97 Å². The van der Waals surface area contributed by atoms with Gasteiger partial charge in [0.2, 0.25) is 0 Å². The van der Waals surface area contributed by atoms with Crippen molar-refractivity contribution < 1.29 is 9.90 Å². The number of hydrogen-bond acceptors (Lipinski definition) is 4. The van der Waals surface area contributed by atoms with Crippen LogP contribution in [0.25, 0.3) is 0 Å². The van der Waals surface area contributed by atoms with Gasteiger partial charge in [0, 0.05) is 37.7 Å². The summed E-state index contributed by atoms with van der Waals surface area (Å²) < 4.78 is 1.59. The first-order valence-electron chi connectivity index (χ1n) is 8.12. The van der Waals surface area contributed by atoms with E-state index in [4.69, 9.17) is 0 Å². The molecule has 1 aliphatic rings. The van der Waals surface area contributed by atoms with Crippen LogP contribution in [0.4, 0.5) is 0 Å². The highest BCUT2D eigenvalue weighted by molar-refractivity contribution is 5.88. The van der Waals surface area contributed by atoms with Gasteiger partial charge in [-0.3, -0.25) is 14.7 Å². The van der Waals surface area contributed by atoms with Gasteiger partial charge in [-0.05, 0) is 49.6 Å². The van der Waals surface area contributed by atoms with E-state index in [0.29, 0.717) is 5.56 Å². The van der Waals surface area contributed by atoms with E-state index in [1.165, 1.54) is 0 Å². The Morgan fingerprint density at radius 3 is 2.96 bits per heavy atom. The Bertz CT molecular complexity index is 786. The lowest BCUT2D eigenvalue weighted by atomic mass is 10.0. The van der Waals surface area contributed by atoms with Crippen molar-refractivity contribution in [3.8, 4) is 0 Å². The molecule has 2 aromatic heterocycles. The molecule has 1 saturated heterocycles. The third-order valence-electron chi connectivity index (χ3n) is 4.54. The summed E-state index contributed by atoms with van der Waals surface area (Å²) in [5.41, 5.74) is 1.12. The molecule has 126 valence electrons. The predicted molar refractivity (Wildman–Crippen MR) is 90.2 cm³/mol. The Labute approximate surface area is 140 Å². The van der Waals surface area contributed by atoms with Gasteiger partial charge in [-0.1, -0.05) is 6.07 Å². The number of nitrogens with zero attached hydrogens (tertiary/aromatic N) is 3. The third-order valence-corrected chi connectivity index (χ3v) is 4.54. The van der Waals surface area contributed by atoms with Crippen LogP contribution in [-0.4, -0.2) is 38.6 Å². The molecule has 1 fully saturated rings. The molecule has 2 aromatic rings. The van der Waals surface area contributed by atoms with Crippen LogP contribution in [0.5, 0.6) is 0 Å². The third kappa shape index (κ3) is 3.38. The molecule has 0 bridgehead atoms. The number of rotatable bonds is 4. The van der Waals surface area contributed by atoms with Gasteiger partial charge < -0.3 is 9.67 Å². The summed E-state index contributed by atoms with van der Waals surface area (Å²) >= 11 is 0. The van der Waals surface area contributed by atoms with Crippen LogP contribution in [0.2, 0.25) is 0 Å². The molecule has 1 N–H and O–H groups in total. The van der Waals surface area contributed by atoms with E-state index in [2.05, 4.69) is 9.88 Å². The topological polar surface area (TPSA) is 75.4 Å². The largest absolute Gasteiger partial charge is 0.477 e. The fourth-order valence-electron chi connectivity index (χ4n) is 3.34. The predicted octanol–water partition coefficient (Wildman–Crippen LogP) is 2.09. The number of aromatic carboxylic acids is 1. The van der Waals surface area contributed by atoms with Gasteiger partial charge in [0.15, 0.2) is 0 Å². The molecule has 0 radical (unpaired) electrons. The Hall–Kier alpha value is -2.47. The summed E-state index contributed by atoms with van der Waals surface area (Å²) in [6.45, 7) is 4.15. The fourth-order valence-corrected chi connectivity index (χ4v) is 3.34. The minimum absolute atomic E-state index is 0.00150. The monoisotopic (exact) mass is 327 g/mol. The molecule has 0 amide bonds. The van der Waals surface area contributed by atoms with Crippen molar-refractivity contribution in [2.75, 3.05) is 13.1 Å². The first kappa shape index (κ1) is 16.4. The van der Waals surface area contributed by atoms with E-state index in [9.17, 15) is 14.7 Å². The molecule has 0 aromatic carbocycles. The number of carboxylic acid groups (broad SMARTS) is 1. The second-order valence-electron chi connectivity index (χ2n) is 6.28. The Kier molecular flexibility index (Phi) is 4.76. The van der Waals surface area contributed by atoms with Crippen molar-refractivity contribution in [3.05, 3.63) is 63.8 Å². The van der Waals surface area contributed by atoms with E-state index >= 15 is 0 Å². The van der Waals surface area contributed by atoms with Crippen LogP contribution in [0.3, 0.4) is 0 Å². The number of aryl methyl sites for hydroxylation is 1. The second kappa shape index (κ2) is 6.97. The summed E-state index contributed by atoms with van der Waals surface area (Å²) in [5.74, 6) is -1.16. The van der Waals surface area contributed by atoms with Crippen LogP contribution < -0.4 is 5.56 Å². The van der Waals surface area contributed by atoms with E-state index in [1.54, 1.807) is 30.0 Å². The van der Waals surface area contributed by atoms with Crippen molar-refractivity contribution in [3.63, 3.8) is 0 Å². The van der Waals surface area contributed by atoms with Crippen LogP contribution in [0, 0.1) is 6.92 Å². The number of carboxylic acids is 1. The molecular formula is C18H21N3O3. The number of likely N-dealkylation sites (tertiary alicyclic amines) is 1. The lowest BCUT2D eigenvalue weighted by molar-refractivity contribution is 0.0692. The molecule has 3 rings (SSSR count). The van der Waals surface area contributed by atoms with Gasteiger partial charge in [0.05, 0.1) is 0 Å². The Balaban J connectivity index is 1.81. The zero-order chi connectivity index (χ0) is 17.1. The van der Waals surface area contributed by atoms with Gasteiger partial charge in [-0.2, -0.15) is 0 Å². The minimum atomic E-state index is -1.16. The fraction of sp³-hybridized carbons (Fsp3) is 0.389. The van der Waals surface area contributed by atoms with Crippen molar-refractivity contribution in [1.29, 1.82) is 0 Å². The summed E-state index contributed by atoms with van der Waals surface area (Å²) in [6.07, 6.45) is 7.19. The van der Waals surface area contributed by atoms with Gasteiger partial charge in [-0.25, -0.2) is 4.79 Å². The number of carbonyl (C=O) groups is 1. The molecular weight excluding hydrogens is 306 g/mol. The summed E-state index contributed by atoms with van der Waals surface area (Å²) in [6, 6.07) is 5.67. The Morgan fingerprint density at radius 2 is 2.25 bits per heavy atom. The Morgan fingerprint density at radius 1 is 1.42 bits per heavy atom. The molecule has 0 saturated carbocycles. The quantitative estimate of drug-likeness (QED) is 0.930. The standard InChI is InChI=1S/C18H21N3O3/c1-13-6-9-21(17(22)16(13)18(23)24)15-5-3-8-20(12-15)11-14-4-2-7-19-10-14/h2,4,6-7,9-10,15H,3,5,8,11-12H2,1H3,(H,23,24). The number of hydrogen-bond donors (Lipinski definition) is 1. The van der Waals surface area contributed by atoms with Crippen LogP contribution in [0.15, 0.2) is 41.6 Å². The highest BCUT2D eigenvalue weighted by atomic mass is 16.4. The van der Waals surface area contributed by atoms with Crippen molar-refractivity contribution in [1.82, 2.24) is 14.5 Å². The maximum atomic E-state index is 12.5. The number of aromatic nitrogens is 2. The molecule has 3 heterocycles. The number of pyridine rings is 2. The molecule has 6 heteroatoms. The molecule has 1 aliphatic heterocycles. The summed E-state index contributed by atoms with van der Waals surface area (Å²) in [7, 11) is 0. The second-order valence-corrected chi connectivity index (χ2v) is 6.28. The molecule has 0 aliphatic carbocycles. The maximum absolute atomic E-state index is 12.5. The SMILES string of the molecule is Cc1ccn(C2CCCN(Cc3cccnc3)C2)c(=O)c1C(=O)O. The highest BCUT2D eigenvalue weighted by Gasteiger charge is 2.24. The van der Waals surface area contributed by atoms with E-state index < -0.39 is 11.5 Å². The molecule has 24 heavy (non-hydrogen) atoms. The minimum Gasteiger partial charge on any atom is -0.477 e. The number of piperidine rings is 1. The molecule has 0 spiro atoms. The lowest BCUT2D eigenvalue weighted by Crippen LogP contribution is -2.40. The normalized spacial score (nSPS) is 18.5.